The van der Waals surface area contributed by atoms with Crippen molar-refractivity contribution in [3.8, 4) is 0 Å². The van der Waals surface area contributed by atoms with Gasteiger partial charge in [0.1, 0.15) is 12.5 Å². The van der Waals surface area contributed by atoms with Crippen LogP contribution < -0.4 is 0 Å². The lowest BCUT2D eigenvalue weighted by Gasteiger charge is -2.22. The van der Waals surface area contributed by atoms with Gasteiger partial charge in [-0.2, -0.15) is 0 Å². The molecule has 1 aliphatic heterocycles. The molecule has 1 heterocycles. The summed E-state index contributed by atoms with van der Waals surface area (Å²) in [6, 6.07) is 0. The average Bonchev–Trinajstić information content (AvgIpc) is 2.53. The smallest absolute Gasteiger partial charge is 0.314 e. The number of allylic oxidation sites excluding steroid dienone is 4. The third kappa shape index (κ3) is 8.41. The Labute approximate surface area is 144 Å². The van der Waals surface area contributed by atoms with Crippen LogP contribution in [0.15, 0.2) is 23.3 Å². The lowest BCUT2D eigenvalue weighted by Crippen LogP contribution is -2.31. The predicted octanol–water partition coefficient (Wildman–Crippen LogP) is 3.88. The fourth-order valence-electron chi connectivity index (χ4n) is 2.50. The van der Waals surface area contributed by atoms with Crippen molar-refractivity contribution in [2.75, 3.05) is 13.2 Å². The number of ketones is 1. The highest BCUT2D eigenvalue weighted by Gasteiger charge is 2.26. The van der Waals surface area contributed by atoms with E-state index in [9.17, 15) is 14.7 Å². The number of carbonyl (C=O) groups is 2. The number of carbonyl (C=O) groups excluding carboxylic acids is 1. The molecular formula is C19H30O5. The fourth-order valence-corrected chi connectivity index (χ4v) is 2.50. The SMILES string of the molecule is CC(C)=CCC/C(C)=C/CC(C(=O)O)C(=O)COC1CCCCO1. The van der Waals surface area contributed by atoms with Gasteiger partial charge in [-0.1, -0.05) is 23.3 Å². The summed E-state index contributed by atoms with van der Waals surface area (Å²) in [5.74, 6) is -2.54. The largest absolute Gasteiger partial charge is 0.481 e. The average molecular weight is 338 g/mol. The Balaban J connectivity index is 2.45. The van der Waals surface area contributed by atoms with Crippen LogP contribution in [0.5, 0.6) is 0 Å². The van der Waals surface area contributed by atoms with Gasteiger partial charge in [0, 0.05) is 6.61 Å². The lowest BCUT2D eigenvalue weighted by atomic mass is 9.98. The Hall–Kier alpha value is -1.46. The van der Waals surface area contributed by atoms with E-state index in [4.69, 9.17) is 9.47 Å². The van der Waals surface area contributed by atoms with Gasteiger partial charge in [0.2, 0.25) is 0 Å². The first-order valence-corrected chi connectivity index (χ1v) is 8.68. The van der Waals surface area contributed by atoms with Gasteiger partial charge in [0.05, 0.1) is 0 Å². The van der Waals surface area contributed by atoms with Crippen LogP contribution in [-0.4, -0.2) is 36.4 Å². The van der Waals surface area contributed by atoms with E-state index in [2.05, 4.69) is 6.08 Å². The van der Waals surface area contributed by atoms with Crippen LogP contribution in [0.3, 0.4) is 0 Å². The molecule has 0 aliphatic carbocycles. The molecule has 5 heteroatoms. The minimum atomic E-state index is -1.10. The summed E-state index contributed by atoms with van der Waals surface area (Å²) in [5, 5.41) is 9.30. The first kappa shape index (κ1) is 20.6. The minimum Gasteiger partial charge on any atom is -0.481 e. The Morgan fingerprint density at radius 2 is 2.00 bits per heavy atom. The Morgan fingerprint density at radius 1 is 1.25 bits per heavy atom. The highest BCUT2D eigenvalue weighted by Crippen LogP contribution is 2.16. The van der Waals surface area contributed by atoms with Gasteiger partial charge in [0.15, 0.2) is 12.1 Å². The molecule has 0 aromatic rings. The highest BCUT2D eigenvalue weighted by molar-refractivity contribution is 5.99. The van der Waals surface area contributed by atoms with Crippen LogP contribution in [-0.2, 0) is 19.1 Å². The molecule has 2 atom stereocenters. The van der Waals surface area contributed by atoms with E-state index in [1.807, 2.05) is 26.8 Å². The van der Waals surface area contributed by atoms with Crippen molar-refractivity contribution in [2.24, 2.45) is 5.92 Å². The van der Waals surface area contributed by atoms with Crippen molar-refractivity contribution < 1.29 is 24.2 Å². The maximum atomic E-state index is 12.1. The van der Waals surface area contributed by atoms with Gasteiger partial charge in [-0.25, -0.2) is 0 Å². The number of aliphatic carboxylic acids is 1. The predicted molar refractivity (Wildman–Crippen MR) is 92.7 cm³/mol. The summed E-state index contributed by atoms with van der Waals surface area (Å²) in [6.45, 7) is 6.50. The van der Waals surface area contributed by atoms with E-state index >= 15 is 0 Å². The molecule has 5 nitrogen and oxygen atoms in total. The Kier molecular flexibility index (Phi) is 9.57. The van der Waals surface area contributed by atoms with E-state index in [0.717, 1.165) is 37.7 Å². The topological polar surface area (TPSA) is 72.8 Å². The van der Waals surface area contributed by atoms with Crippen molar-refractivity contribution in [1.29, 1.82) is 0 Å². The molecule has 2 unspecified atom stereocenters. The second-order valence-corrected chi connectivity index (χ2v) is 6.57. The molecule has 1 aliphatic rings. The molecule has 0 spiro atoms. The number of carboxylic acids is 1. The molecule has 1 N–H and O–H groups in total. The monoisotopic (exact) mass is 338 g/mol. The lowest BCUT2D eigenvalue weighted by molar-refractivity contribution is -0.172. The molecule has 136 valence electrons. The maximum absolute atomic E-state index is 12.1. The number of carboxylic acid groups (broad SMARTS) is 1. The van der Waals surface area contributed by atoms with E-state index in [0.29, 0.717) is 6.61 Å². The van der Waals surface area contributed by atoms with Crippen LogP contribution >= 0.6 is 0 Å². The Morgan fingerprint density at radius 3 is 2.58 bits per heavy atom. The number of hydrogen-bond acceptors (Lipinski definition) is 4. The van der Waals surface area contributed by atoms with Crippen LogP contribution in [0.25, 0.3) is 0 Å². The molecule has 0 bridgehead atoms. The van der Waals surface area contributed by atoms with Crippen molar-refractivity contribution in [2.45, 2.75) is 65.6 Å². The molecule has 0 amide bonds. The van der Waals surface area contributed by atoms with Gasteiger partial charge in [0.25, 0.3) is 0 Å². The minimum absolute atomic E-state index is 0.202. The second kappa shape index (κ2) is 11.2. The highest BCUT2D eigenvalue weighted by atomic mass is 16.7. The van der Waals surface area contributed by atoms with Crippen LogP contribution in [0, 0.1) is 5.92 Å². The molecule has 1 rings (SSSR count). The molecule has 0 aromatic carbocycles. The zero-order valence-electron chi connectivity index (χ0n) is 15.0. The number of rotatable bonds is 10. The molecule has 0 saturated carbocycles. The van der Waals surface area contributed by atoms with Gasteiger partial charge < -0.3 is 14.6 Å². The van der Waals surface area contributed by atoms with Crippen LogP contribution in [0.1, 0.15) is 59.3 Å². The van der Waals surface area contributed by atoms with Gasteiger partial charge in [-0.05, 0) is 59.3 Å². The van der Waals surface area contributed by atoms with E-state index in [-0.39, 0.29) is 19.3 Å². The first-order valence-electron chi connectivity index (χ1n) is 8.68. The normalized spacial score (nSPS) is 19.6. The number of hydrogen-bond donors (Lipinski definition) is 1. The summed E-state index contributed by atoms with van der Waals surface area (Å²) >= 11 is 0. The Bertz CT molecular complexity index is 468. The molecular weight excluding hydrogens is 308 g/mol. The van der Waals surface area contributed by atoms with E-state index in [1.165, 1.54) is 5.57 Å². The third-order valence-electron chi connectivity index (χ3n) is 4.03. The van der Waals surface area contributed by atoms with Crippen molar-refractivity contribution in [1.82, 2.24) is 0 Å². The van der Waals surface area contributed by atoms with Crippen LogP contribution in [0.4, 0.5) is 0 Å². The number of Topliss-reactive ketones (excluding diaryl/α,β-unsaturated/α-hetero) is 1. The van der Waals surface area contributed by atoms with Crippen molar-refractivity contribution in [3.63, 3.8) is 0 Å². The van der Waals surface area contributed by atoms with Crippen molar-refractivity contribution >= 4 is 11.8 Å². The zero-order chi connectivity index (χ0) is 17.9. The summed E-state index contributed by atoms with van der Waals surface area (Å²) in [6.07, 6.45) is 8.41. The second-order valence-electron chi connectivity index (χ2n) is 6.57. The van der Waals surface area contributed by atoms with Crippen LogP contribution in [0.2, 0.25) is 0 Å². The molecule has 0 radical (unpaired) electrons. The summed E-state index contributed by atoms with van der Waals surface area (Å²) < 4.78 is 10.8. The maximum Gasteiger partial charge on any atom is 0.314 e. The van der Waals surface area contributed by atoms with Gasteiger partial charge in [-0.15, -0.1) is 0 Å². The van der Waals surface area contributed by atoms with Gasteiger partial charge in [-0.3, -0.25) is 9.59 Å². The molecule has 0 aromatic heterocycles. The van der Waals surface area contributed by atoms with Gasteiger partial charge >= 0.3 is 5.97 Å². The quantitative estimate of drug-likeness (QED) is 0.483. The third-order valence-corrected chi connectivity index (χ3v) is 4.03. The van der Waals surface area contributed by atoms with Crippen molar-refractivity contribution in [3.05, 3.63) is 23.3 Å². The fraction of sp³-hybridized carbons (Fsp3) is 0.684. The first-order chi connectivity index (χ1) is 11.4. The summed E-state index contributed by atoms with van der Waals surface area (Å²) in [5.41, 5.74) is 2.37. The molecule has 1 saturated heterocycles. The zero-order valence-corrected chi connectivity index (χ0v) is 15.0. The molecule has 24 heavy (non-hydrogen) atoms. The van der Waals surface area contributed by atoms with E-state index < -0.39 is 17.7 Å². The summed E-state index contributed by atoms with van der Waals surface area (Å²) in [4.78, 5) is 23.5. The standard InChI is InChI=1S/C19H30O5/c1-14(2)7-6-8-15(3)10-11-16(19(21)22)17(20)13-24-18-9-4-5-12-23-18/h7,10,16,18H,4-6,8-9,11-13H2,1-3H3,(H,21,22)/b15-10+. The number of ether oxygens (including phenoxy) is 2. The summed E-state index contributed by atoms with van der Waals surface area (Å²) in [7, 11) is 0. The van der Waals surface area contributed by atoms with E-state index in [1.54, 1.807) is 0 Å². The molecule has 1 fully saturated rings.